The van der Waals surface area contributed by atoms with Gasteiger partial charge in [-0.3, -0.25) is 9.78 Å². The van der Waals surface area contributed by atoms with Gasteiger partial charge in [-0.15, -0.1) is 0 Å². The smallest absolute Gasteiger partial charge is 0.253 e. The summed E-state index contributed by atoms with van der Waals surface area (Å²) < 4.78 is 5.57. The number of pyridine rings is 2. The third-order valence-corrected chi connectivity index (χ3v) is 7.87. The van der Waals surface area contributed by atoms with E-state index < -0.39 is 0 Å². The highest BCUT2D eigenvalue weighted by molar-refractivity contribution is 5.95. The maximum absolute atomic E-state index is 12.9. The summed E-state index contributed by atoms with van der Waals surface area (Å²) in [7, 11) is 1.64. The van der Waals surface area contributed by atoms with Crippen molar-refractivity contribution in [2.45, 2.75) is 51.2 Å². The maximum Gasteiger partial charge on any atom is 0.253 e. The van der Waals surface area contributed by atoms with Gasteiger partial charge in [0.1, 0.15) is 0 Å². The predicted octanol–water partition coefficient (Wildman–Crippen LogP) is 4.06. The molecule has 3 fully saturated rings. The summed E-state index contributed by atoms with van der Waals surface area (Å²) in [6, 6.07) is 11.0. The molecule has 7 nitrogen and oxygen atoms in total. The molecule has 2 saturated carbocycles. The minimum Gasteiger partial charge on any atom is -0.481 e. The van der Waals surface area contributed by atoms with Crippen LogP contribution in [0.1, 0.15) is 53.7 Å². The number of fused-ring (bicyclic) bond motifs is 2. The van der Waals surface area contributed by atoms with Gasteiger partial charge in [-0.2, -0.15) is 0 Å². The molecule has 2 unspecified atom stereocenters. The van der Waals surface area contributed by atoms with Gasteiger partial charge in [0.05, 0.1) is 36.8 Å². The second-order valence-corrected chi connectivity index (χ2v) is 10.3. The minimum atomic E-state index is -0.138. The van der Waals surface area contributed by atoms with Crippen LogP contribution in [-0.2, 0) is 13.1 Å². The van der Waals surface area contributed by atoms with Crippen LogP contribution < -0.4 is 20.3 Å². The van der Waals surface area contributed by atoms with Gasteiger partial charge in [-0.1, -0.05) is 12.5 Å². The first-order valence-electron chi connectivity index (χ1n) is 12.8. The minimum absolute atomic E-state index is 0.138. The SMILES string of the molecule is COc1nc(CNC(=O)c2cncc(N3CCC4CC43)c2)cc2cc(CNCC3CCC3)ccc12. The lowest BCUT2D eigenvalue weighted by molar-refractivity contribution is 0.0950. The van der Waals surface area contributed by atoms with E-state index in [4.69, 9.17) is 4.74 Å². The van der Waals surface area contributed by atoms with Gasteiger partial charge in [-0.25, -0.2) is 4.98 Å². The Morgan fingerprint density at radius 2 is 2.06 bits per heavy atom. The molecule has 2 aliphatic carbocycles. The highest BCUT2D eigenvalue weighted by Crippen LogP contribution is 2.46. The number of carbonyl (C=O) groups is 1. The molecule has 0 bridgehead atoms. The first-order valence-corrected chi connectivity index (χ1v) is 12.8. The van der Waals surface area contributed by atoms with E-state index in [9.17, 15) is 4.79 Å². The van der Waals surface area contributed by atoms with Crippen LogP contribution in [0, 0.1) is 11.8 Å². The van der Waals surface area contributed by atoms with Gasteiger partial charge in [0.15, 0.2) is 0 Å². The molecular weight excluding hydrogens is 438 g/mol. The van der Waals surface area contributed by atoms with Crippen LogP contribution >= 0.6 is 0 Å². The summed E-state index contributed by atoms with van der Waals surface area (Å²) in [5.74, 6) is 2.12. The average molecular weight is 472 g/mol. The van der Waals surface area contributed by atoms with Crippen LogP contribution in [0.3, 0.4) is 0 Å². The van der Waals surface area contributed by atoms with Gasteiger partial charge < -0.3 is 20.3 Å². The lowest BCUT2D eigenvalue weighted by atomic mass is 9.85. The molecule has 2 N–H and O–H groups in total. The zero-order valence-electron chi connectivity index (χ0n) is 20.3. The quantitative estimate of drug-likeness (QED) is 0.490. The van der Waals surface area contributed by atoms with Crippen LogP contribution in [0.2, 0.25) is 0 Å². The van der Waals surface area contributed by atoms with E-state index in [1.165, 1.54) is 37.7 Å². The van der Waals surface area contributed by atoms with Crippen molar-refractivity contribution in [3.63, 3.8) is 0 Å². The maximum atomic E-state index is 12.9. The van der Waals surface area contributed by atoms with E-state index in [0.717, 1.165) is 53.6 Å². The van der Waals surface area contributed by atoms with E-state index in [0.29, 0.717) is 24.0 Å². The Hall–Kier alpha value is -3.19. The molecule has 3 aliphatic rings. The van der Waals surface area contributed by atoms with Crippen molar-refractivity contribution in [3.8, 4) is 5.88 Å². The molecule has 6 rings (SSSR count). The number of anilines is 1. The molecule has 1 aromatic carbocycles. The van der Waals surface area contributed by atoms with Crippen LogP contribution in [0.15, 0.2) is 42.7 Å². The highest BCUT2D eigenvalue weighted by atomic mass is 16.5. The number of rotatable bonds is 9. The molecule has 7 heteroatoms. The number of ether oxygens (including phenoxy) is 1. The zero-order chi connectivity index (χ0) is 23.8. The second kappa shape index (κ2) is 9.46. The van der Waals surface area contributed by atoms with Crippen molar-refractivity contribution in [3.05, 3.63) is 59.5 Å². The van der Waals surface area contributed by atoms with E-state index in [1.54, 1.807) is 13.3 Å². The zero-order valence-corrected chi connectivity index (χ0v) is 20.3. The van der Waals surface area contributed by atoms with Gasteiger partial charge in [0, 0.05) is 30.7 Å². The van der Waals surface area contributed by atoms with Gasteiger partial charge in [-0.05, 0) is 79.3 Å². The van der Waals surface area contributed by atoms with Gasteiger partial charge in [0.2, 0.25) is 5.88 Å². The summed E-state index contributed by atoms with van der Waals surface area (Å²) in [5.41, 5.74) is 3.64. The molecule has 1 aliphatic heterocycles. The fraction of sp³-hybridized carbons (Fsp3) is 0.464. The van der Waals surface area contributed by atoms with Gasteiger partial charge in [0.25, 0.3) is 5.91 Å². The number of nitrogens with one attached hydrogen (secondary N) is 2. The molecular formula is C28H33N5O2. The van der Waals surface area contributed by atoms with E-state index in [2.05, 4.69) is 43.7 Å². The Bertz CT molecular complexity index is 1240. The fourth-order valence-corrected chi connectivity index (χ4v) is 5.50. The standard InChI is InChI=1S/C28H33N5O2/c1-35-28-25-6-5-19(14-29-13-18-3-2-4-18)9-21(25)10-23(32-28)16-31-27(34)22-11-24(17-30-15-22)33-8-7-20-12-26(20)33/h5-6,9-11,15,17-18,20,26,29H,2-4,7-8,12-14,16H2,1H3,(H,31,34). The third-order valence-electron chi connectivity index (χ3n) is 7.87. The number of hydrogen-bond acceptors (Lipinski definition) is 6. The van der Waals surface area contributed by atoms with Crippen molar-refractivity contribution < 1.29 is 9.53 Å². The summed E-state index contributed by atoms with van der Waals surface area (Å²) in [5, 5.41) is 8.65. The fourth-order valence-electron chi connectivity index (χ4n) is 5.50. The van der Waals surface area contributed by atoms with Crippen LogP contribution in [-0.4, -0.2) is 42.1 Å². The van der Waals surface area contributed by atoms with Crippen LogP contribution in [0.5, 0.6) is 5.88 Å². The number of piperidine rings is 1. The normalized spacial score (nSPS) is 21.0. The van der Waals surface area contributed by atoms with Crippen molar-refractivity contribution in [1.82, 2.24) is 20.6 Å². The molecule has 1 amide bonds. The number of carbonyl (C=O) groups excluding carboxylic acids is 1. The van der Waals surface area contributed by atoms with Crippen LogP contribution in [0.25, 0.3) is 10.8 Å². The Kier molecular flexibility index (Phi) is 6.02. The Morgan fingerprint density at radius 3 is 2.80 bits per heavy atom. The van der Waals surface area contributed by atoms with Crippen molar-refractivity contribution >= 4 is 22.4 Å². The Labute approximate surface area is 206 Å². The van der Waals surface area contributed by atoms with E-state index in [-0.39, 0.29) is 5.91 Å². The molecule has 35 heavy (non-hydrogen) atoms. The monoisotopic (exact) mass is 471 g/mol. The highest BCUT2D eigenvalue weighted by Gasteiger charge is 2.46. The molecule has 2 atom stereocenters. The molecule has 0 radical (unpaired) electrons. The molecule has 0 spiro atoms. The molecule has 3 heterocycles. The van der Waals surface area contributed by atoms with Gasteiger partial charge >= 0.3 is 0 Å². The Morgan fingerprint density at radius 1 is 1.14 bits per heavy atom. The largest absolute Gasteiger partial charge is 0.481 e. The van der Waals surface area contributed by atoms with Crippen molar-refractivity contribution in [2.75, 3.05) is 25.1 Å². The first-order chi connectivity index (χ1) is 17.2. The summed E-state index contributed by atoms with van der Waals surface area (Å²) in [4.78, 5) is 24.3. The topological polar surface area (TPSA) is 79.4 Å². The second-order valence-electron chi connectivity index (χ2n) is 10.3. The first kappa shape index (κ1) is 22.3. The number of methoxy groups -OCH3 is 1. The van der Waals surface area contributed by atoms with Crippen molar-refractivity contribution in [1.29, 1.82) is 0 Å². The van der Waals surface area contributed by atoms with E-state index >= 15 is 0 Å². The van der Waals surface area contributed by atoms with Crippen molar-refractivity contribution in [2.24, 2.45) is 11.8 Å². The number of nitrogens with zero attached hydrogens (tertiary/aromatic N) is 3. The number of amides is 1. The number of hydrogen-bond donors (Lipinski definition) is 2. The number of aromatic nitrogens is 2. The Balaban J connectivity index is 1.13. The molecule has 182 valence electrons. The summed E-state index contributed by atoms with van der Waals surface area (Å²) in [6.45, 7) is 3.32. The van der Waals surface area contributed by atoms with Crippen LogP contribution in [0.4, 0.5) is 5.69 Å². The third kappa shape index (κ3) is 4.69. The molecule has 3 aromatic rings. The predicted molar refractivity (Wildman–Crippen MR) is 137 cm³/mol. The molecule has 1 saturated heterocycles. The summed E-state index contributed by atoms with van der Waals surface area (Å²) >= 11 is 0. The van der Waals surface area contributed by atoms with E-state index in [1.807, 2.05) is 18.3 Å². The molecule has 2 aromatic heterocycles. The number of benzene rings is 1. The lowest BCUT2D eigenvalue weighted by Gasteiger charge is -2.25. The lowest BCUT2D eigenvalue weighted by Crippen LogP contribution is -2.26. The average Bonchev–Trinajstić information content (AvgIpc) is 3.52. The summed E-state index contributed by atoms with van der Waals surface area (Å²) in [6.07, 6.45) is 10.1.